The van der Waals surface area contributed by atoms with Gasteiger partial charge in [-0.05, 0) is 32.0 Å². The molecule has 0 atom stereocenters. The third-order valence-corrected chi connectivity index (χ3v) is 3.11. The van der Waals surface area contributed by atoms with E-state index in [1.807, 2.05) is 38.1 Å². The van der Waals surface area contributed by atoms with Gasteiger partial charge in [-0.3, -0.25) is 0 Å². The summed E-state index contributed by atoms with van der Waals surface area (Å²) in [5, 5.41) is 0. The number of anilines is 2. The summed E-state index contributed by atoms with van der Waals surface area (Å²) in [5.41, 5.74) is 7.66. The summed E-state index contributed by atoms with van der Waals surface area (Å²) in [6, 6.07) is 7.82. The minimum Gasteiger partial charge on any atom is -0.447 e. The van der Waals surface area contributed by atoms with E-state index in [2.05, 4.69) is 4.90 Å². The lowest BCUT2D eigenvalue weighted by Gasteiger charge is -2.35. The van der Waals surface area contributed by atoms with Crippen molar-refractivity contribution in [3.05, 3.63) is 24.3 Å². The van der Waals surface area contributed by atoms with Crippen LogP contribution in [0, 0.1) is 0 Å². The molecule has 0 bridgehead atoms. The van der Waals surface area contributed by atoms with Gasteiger partial charge in [0.15, 0.2) is 0 Å². The molecular formula is C14H21N3O2. The zero-order chi connectivity index (χ0) is 13.8. The summed E-state index contributed by atoms with van der Waals surface area (Å²) in [7, 11) is 0. The Morgan fingerprint density at radius 3 is 2.53 bits per heavy atom. The topological polar surface area (TPSA) is 58.8 Å². The second-order valence-corrected chi connectivity index (χ2v) is 5.00. The van der Waals surface area contributed by atoms with Crippen LogP contribution in [0.5, 0.6) is 0 Å². The molecule has 2 N–H and O–H groups in total. The van der Waals surface area contributed by atoms with Crippen LogP contribution in [0.15, 0.2) is 24.3 Å². The molecule has 1 heterocycles. The maximum absolute atomic E-state index is 11.8. The molecule has 0 spiro atoms. The molecule has 5 nitrogen and oxygen atoms in total. The molecule has 1 saturated heterocycles. The number of hydrogen-bond donors (Lipinski definition) is 1. The molecule has 0 aliphatic carbocycles. The number of amides is 1. The van der Waals surface area contributed by atoms with Gasteiger partial charge in [0.1, 0.15) is 0 Å². The number of benzene rings is 1. The van der Waals surface area contributed by atoms with Crippen LogP contribution in [0.2, 0.25) is 0 Å². The van der Waals surface area contributed by atoms with E-state index >= 15 is 0 Å². The maximum Gasteiger partial charge on any atom is 0.410 e. The maximum atomic E-state index is 11.8. The predicted octanol–water partition coefficient (Wildman–Crippen LogP) is 1.94. The van der Waals surface area contributed by atoms with E-state index in [0.29, 0.717) is 13.1 Å². The second-order valence-electron chi connectivity index (χ2n) is 5.00. The third kappa shape index (κ3) is 3.53. The van der Waals surface area contributed by atoms with E-state index in [4.69, 9.17) is 10.5 Å². The number of nitrogen functional groups attached to an aromatic ring is 1. The molecule has 1 aliphatic rings. The fraction of sp³-hybridized carbons (Fsp3) is 0.500. The molecule has 0 unspecified atom stereocenters. The highest BCUT2D eigenvalue weighted by atomic mass is 16.6. The van der Waals surface area contributed by atoms with Crippen LogP contribution in [0.4, 0.5) is 16.2 Å². The first-order chi connectivity index (χ1) is 9.06. The van der Waals surface area contributed by atoms with Gasteiger partial charge < -0.3 is 20.3 Å². The number of carbonyl (C=O) groups is 1. The van der Waals surface area contributed by atoms with Gasteiger partial charge in [-0.2, -0.15) is 0 Å². The first-order valence-electron chi connectivity index (χ1n) is 6.62. The minimum atomic E-state index is -0.220. The highest BCUT2D eigenvalue weighted by molar-refractivity contribution is 5.68. The Morgan fingerprint density at radius 2 is 1.95 bits per heavy atom. The van der Waals surface area contributed by atoms with E-state index < -0.39 is 0 Å². The van der Waals surface area contributed by atoms with Crippen LogP contribution < -0.4 is 10.6 Å². The van der Waals surface area contributed by atoms with E-state index in [0.717, 1.165) is 24.5 Å². The quantitative estimate of drug-likeness (QED) is 0.828. The Balaban J connectivity index is 1.90. The summed E-state index contributed by atoms with van der Waals surface area (Å²) in [6.07, 6.45) is -0.290. The fourth-order valence-electron chi connectivity index (χ4n) is 2.14. The largest absolute Gasteiger partial charge is 0.447 e. The minimum absolute atomic E-state index is 0.0700. The monoisotopic (exact) mass is 263 g/mol. The van der Waals surface area contributed by atoms with Crippen molar-refractivity contribution in [2.45, 2.75) is 20.0 Å². The molecule has 104 valence electrons. The van der Waals surface area contributed by atoms with Gasteiger partial charge in [0, 0.05) is 37.6 Å². The summed E-state index contributed by atoms with van der Waals surface area (Å²) in [5.74, 6) is 0. The third-order valence-electron chi connectivity index (χ3n) is 3.11. The molecule has 0 radical (unpaired) electrons. The highest BCUT2D eigenvalue weighted by Crippen LogP contribution is 2.19. The molecule has 1 fully saturated rings. The van der Waals surface area contributed by atoms with E-state index in [1.165, 1.54) is 0 Å². The average molecular weight is 263 g/mol. The number of ether oxygens (including phenoxy) is 1. The SMILES string of the molecule is CC(C)OC(=O)N1CCN(c2cccc(N)c2)CC1. The summed E-state index contributed by atoms with van der Waals surface area (Å²) in [6.45, 7) is 6.69. The summed E-state index contributed by atoms with van der Waals surface area (Å²) < 4.78 is 5.20. The number of rotatable bonds is 2. The smallest absolute Gasteiger partial charge is 0.410 e. The van der Waals surface area contributed by atoms with E-state index in [-0.39, 0.29) is 12.2 Å². The first-order valence-corrected chi connectivity index (χ1v) is 6.62. The fourth-order valence-corrected chi connectivity index (χ4v) is 2.14. The normalized spacial score (nSPS) is 15.7. The standard InChI is InChI=1S/C14H21N3O2/c1-11(2)19-14(18)17-8-6-16(7-9-17)13-5-3-4-12(15)10-13/h3-5,10-11H,6-9,15H2,1-2H3. The summed E-state index contributed by atoms with van der Waals surface area (Å²) >= 11 is 0. The predicted molar refractivity (Wildman–Crippen MR) is 76.3 cm³/mol. The number of hydrogen-bond acceptors (Lipinski definition) is 4. The van der Waals surface area contributed by atoms with Gasteiger partial charge in [-0.1, -0.05) is 6.07 Å². The summed E-state index contributed by atoms with van der Waals surface area (Å²) in [4.78, 5) is 15.8. The number of nitrogens with two attached hydrogens (primary N) is 1. The van der Waals surface area contributed by atoms with Gasteiger partial charge in [0.05, 0.1) is 6.10 Å². The van der Waals surface area contributed by atoms with Crippen LogP contribution >= 0.6 is 0 Å². The molecule has 19 heavy (non-hydrogen) atoms. The Morgan fingerprint density at radius 1 is 1.26 bits per heavy atom. The number of carbonyl (C=O) groups excluding carboxylic acids is 1. The molecule has 1 aromatic carbocycles. The molecular weight excluding hydrogens is 242 g/mol. The van der Waals surface area contributed by atoms with Crippen molar-refractivity contribution < 1.29 is 9.53 Å². The van der Waals surface area contributed by atoms with Crippen molar-refractivity contribution in [1.82, 2.24) is 4.90 Å². The van der Waals surface area contributed by atoms with Gasteiger partial charge in [-0.15, -0.1) is 0 Å². The van der Waals surface area contributed by atoms with Crippen LogP contribution in [0.3, 0.4) is 0 Å². The van der Waals surface area contributed by atoms with Gasteiger partial charge in [0.2, 0.25) is 0 Å². The van der Waals surface area contributed by atoms with Crippen molar-refractivity contribution in [2.24, 2.45) is 0 Å². The molecule has 2 rings (SSSR count). The average Bonchev–Trinajstić information content (AvgIpc) is 2.38. The van der Waals surface area contributed by atoms with Gasteiger partial charge in [-0.25, -0.2) is 4.79 Å². The van der Waals surface area contributed by atoms with Crippen molar-refractivity contribution >= 4 is 17.5 Å². The molecule has 0 aromatic heterocycles. The van der Waals surface area contributed by atoms with Crippen LogP contribution in [0.25, 0.3) is 0 Å². The molecule has 5 heteroatoms. The van der Waals surface area contributed by atoms with Crippen molar-refractivity contribution in [2.75, 3.05) is 36.8 Å². The number of nitrogens with zero attached hydrogens (tertiary/aromatic N) is 2. The van der Waals surface area contributed by atoms with Crippen molar-refractivity contribution in [1.29, 1.82) is 0 Å². The first kappa shape index (κ1) is 13.5. The Bertz CT molecular complexity index is 440. The molecule has 1 amide bonds. The van der Waals surface area contributed by atoms with Gasteiger partial charge in [0.25, 0.3) is 0 Å². The van der Waals surface area contributed by atoms with E-state index in [9.17, 15) is 4.79 Å². The Hall–Kier alpha value is -1.91. The van der Waals surface area contributed by atoms with E-state index in [1.54, 1.807) is 4.90 Å². The highest BCUT2D eigenvalue weighted by Gasteiger charge is 2.22. The lowest BCUT2D eigenvalue weighted by molar-refractivity contribution is 0.0751. The molecule has 1 aromatic rings. The number of piperazine rings is 1. The molecule has 0 saturated carbocycles. The Kier molecular flexibility index (Phi) is 4.14. The Labute approximate surface area is 113 Å². The van der Waals surface area contributed by atoms with Crippen LogP contribution in [0.1, 0.15) is 13.8 Å². The van der Waals surface area contributed by atoms with Crippen LogP contribution in [-0.2, 0) is 4.74 Å². The zero-order valence-corrected chi connectivity index (χ0v) is 11.5. The van der Waals surface area contributed by atoms with Crippen LogP contribution in [-0.4, -0.2) is 43.3 Å². The van der Waals surface area contributed by atoms with Gasteiger partial charge >= 0.3 is 6.09 Å². The zero-order valence-electron chi connectivity index (χ0n) is 11.5. The second kappa shape index (κ2) is 5.82. The molecule has 1 aliphatic heterocycles. The lowest BCUT2D eigenvalue weighted by Crippen LogP contribution is -2.49. The van der Waals surface area contributed by atoms with Crippen molar-refractivity contribution in [3.63, 3.8) is 0 Å². The lowest BCUT2D eigenvalue weighted by atomic mass is 10.2. The van der Waals surface area contributed by atoms with Crippen molar-refractivity contribution in [3.8, 4) is 0 Å².